The highest BCUT2D eigenvalue weighted by Gasteiger charge is 2.30. The predicted molar refractivity (Wildman–Crippen MR) is 299 cm³/mol. The van der Waals surface area contributed by atoms with Gasteiger partial charge in [-0.1, -0.05) is 208 Å². The topological polar surface area (TPSA) is 32.8 Å². The first-order chi connectivity index (χ1) is 35.1. The zero-order chi connectivity index (χ0) is 47.2. The molecule has 0 fully saturated rings. The molecule has 4 heteroatoms. The molecule has 12 aromatic carbocycles. The Morgan fingerprint density at radius 1 is 0.310 bits per heavy atom. The molecule has 2 heterocycles. The van der Waals surface area contributed by atoms with Crippen LogP contribution in [0.4, 0.5) is 34.1 Å². The van der Waals surface area contributed by atoms with Crippen LogP contribution in [0.3, 0.4) is 0 Å². The normalized spacial score (nSPS) is 11.9. The maximum Gasteiger partial charge on any atom is 0.159 e. The highest BCUT2D eigenvalue weighted by Crippen LogP contribution is 2.55. The lowest BCUT2D eigenvalue weighted by Crippen LogP contribution is -2.16. The van der Waals surface area contributed by atoms with Crippen LogP contribution in [0.1, 0.15) is 25.3 Å². The Bertz CT molecular complexity index is 4070. The van der Waals surface area contributed by atoms with Crippen LogP contribution in [0, 0.1) is 0 Å². The van der Waals surface area contributed by atoms with Gasteiger partial charge in [0.05, 0.1) is 34.1 Å². The van der Waals surface area contributed by atoms with E-state index >= 15 is 0 Å². The number of anilines is 6. The Balaban J connectivity index is 1.17. The minimum absolute atomic E-state index is 0.367. The number of fused-ring (bicyclic) bond motifs is 6. The average molecular weight is 911 g/mol. The summed E-state index contributed by atoms with van der Waals surface area (Å²) in [4.78, 5) is 4.93. The molecule has 0 aliphatic heterocycles. The van der Waals surface area contributed by atoms with E-state index in [1.165, 1.54) is 27.1 Å². The Labute approximate surface area is 411 Å². The summed E-state index contributed by atoms with van der Waals surface area (Å²) < 4.78 is 14.0. The highest BCUT2D eigenvalue weighted by atomic mass is 16.3. The van der Waals surface area contributed by atoms with E-state index in [9.17, 15) is 0 Å². The Kier molecular flexibility index (Phi) is 9.37. The molecular formula is C67H46N2O2. The number of hydrogen-bond donors (Lipinski definition) is 0. The molecule has 0 saturated heterocycles. The van der Waals surface area contributed by atoms with Gasteiger partial charge in [0.15, 0.2) is 11.2 Å². The van der Waals surface area contributed by atoms with Crippen LogP contribution < -0.4 is 9.80 Å². The Hall–Kier alpha value is -9.12. The van der Waals surface area contributed by atoms with Crippen molar-refractivity contribution in [2.75, 3.05) is 9.80 Å². The molecule has 336 valence electrons. The Morgan fingerprint density at radius 3 is 1.20 bits per heavy atom. The fourth-order valence-corrected chi connectivity index (χ4v) is 11.3. The van der Waals surface area contributed by atoms with E-state index in [4.69, 9.17) is 8.83 Å². The van der Waals surface area contributed by atoms with Gasteiger partial charge in [-0.25, -0.2) is 0 Å². The smallest absolute Gasteiger partial charge is 0.159 e. The first kappa shape index (κ1) is 40.9. The van der Waals surface area contributed by atoms with Gasteiger partial charge in [-0.15, -0.1) is 0 Å². The van der Waals surface area contributed by atoms with Crippen LogP contribution in [0.15, 0.2) is 245 Å². The minimum Gasteiger partial charge on any atom is -0.454 e. The van der Waals surface area contributed by atoms with Crippen molar-refractivity contribution in [1.82, 2.24) is 0 Å². The number of nitrogens with zero attached hydrogens (tertiary/aromatic N) is 2. The van der Waals surface area contributed by atoms with Gasteiger partial charge in [-0.05, 0) is 81.2 Å². The van der Waals surface area contributed by atoms with Gasteiger partial charge in [0, 0.05) is 48.8 Å². The zero-order valence-electron chi connectivity index (χ0n) is 39.3. The van der Waals surface area contributed by atoms with Crippen molar-refractivity contribution in [2.24, 2.45) is 0 Å². The largest absolute Gasteiger partial charge is 0.454 e. The number of benzene rings is 12. The van der Waals surface area contributed by atoms with E-state index in [-0.39, 0.29) is 0 Å². The molecule has 0 N–H and O–H groups in total. The average Bonchev–Trinajstić information content (AvgIpc) is 4.01. The minimum atomic E-state index is 0.367. The maximum atomic E-state index is 7.01. The molecule has 14 aromatic rings. The second-order valence-corrected chi connectivity index (χ2v) is 19.0. The third-order valence-corrected chi connectivity index (χ3v) is 14.6. The van der Waals surface area contributed by atoms with E-state index in [1.54, 1.807) is 0 Å². The molecule has 0 atom stereocenters. The summed E-state index contributed by atoms with van der Waals surface area (Å²) in [5.74, 6) is 0.367. The first-order valence-corrected chi connectivity index (χ1v) is 24.5. The van der Waals surface area contributed by atoms with Gasteiger partial charge in [0.25, 0.3) is 0 Å². The van der Waals surface area contributed by atoms with Crippen LogP contribution >= 0.6 is 0 Å². The van der Waals surface area contributed by atoms with Crippen molar-refractivity contribution in [3.8, 4) is 22.3 Å². The zero-order valence-corrected chi connectivity index (χ0v) is 39.3. The number of rotatable bonds is 9. The van der Waals surface area contributed by atoms with E-state index < -0.39 is 0 Å². The van der Waals surface area contributed by atoms with Gasteiger partial charge in [-0.3, -0.25) is 0 Å². The summed E-state index contributed by atoms with van der Waals surface area (Å²) >= 11 is 0. The van der Waals surface area contributed by atoms with Gasteiger partial charge in [-0.2, -0.15) is 0 Å². The molecule has 0 bridgehead atoms. The van der Waals surface area contributed by atoms with Gasteiger partial charge < -0.3 is 18.6 Å². The van der Waals surface area contributed by atoms with E-state index in [2.05, 4.69) is 260 Å². The third-order valence-electron chi connectivity index (χ3n) is 14.6. The quantitative estimate of drug-likeness (QED) is 0.135. The number of hydrogen-bond acceptors (Lipinski definition) is 4. The summed E-state index contributed by atoms with van der Waals surface area (Å²) in [5, 5.41) is 11.4. The van der Waals surface area contributed by atoms with E-state index in [0.717, 1.165) is 111 Å². The van der Waals surface area contributed by atoms with Crippen LogP contribution in [0.5, 0.6) is 0 Å². The lowest BCUT2D eigenvalue weighted by molar-refractivity contribution is 0.669. The van der Waals surface area contributed by atoms with Crippen LogP contribution in [-0.2, 0) is 0 Å². The molecule has 0 amide bonds. The summed E-state index contributed by atoms with van der Waals surface area (Å²) in [6.45, 7) is 4.56. The number of para-hydroxylation sites is 6. The van der Waals surface area contributed by atoms with Crippen molar-refractivity contribution >= 4 is 110 Å². The lowest BCUT2D eigenvalue weighted by atomic mass is 9.88. The monoisotopic (exact) mass is 910 g/mol. The molecule has 0 unspecified atom stereocenters. The summed E-state index contributed by atoms with van der Waals surface area (Å²) in [6.07, 6.45) is 0. The SMILES string of the molecule is CC(C)c1cc2ccc3c(N(c4ccccc4-c4ccccc4)c4cccc5c4oc4ccccc45)cc(N(c4ccccc4-c4ccccc4)c4cccc5c4oc4ccccc45)c4ccc(c1)c2c34. The fourth-order valence-electron chi connectivity index (χ4n) is 11.3. The van der Waals surface area contributed by atoms with Crippen LogP contribution in [-0.4, -0.2) is 0 Å². The van der Waals surface area contributed by atoms with Crippen molar-refractivity contribution in [3.63, 3.8) is 0 Å². The molecule has 0 aliphatic carbocycles. The third kappa shape index (κ3) is 6.45. The summed E-state index contributed by atoms with van der Waals surface area (Å²) in [5.41, 5.74) is 15.1. The summed E-state index contributed by atoms with van der Waals surface area (Å²) in [7, 11) is 0. The van der Waals surface area contributed by atoms with Crippen molar-refractivity contribution in [3.05, 3.63) is 242 Å². The number of furan rings is 2. The molecule has 4 nitrogen and oxygen atoms in total. The van der Waals surface area contributed by atoms with Gasteiger partial charge >= 0.3 is 0 Å². The van der Waals surface area contributed by atoms with Crippen molar-refractivity contribution in [1.29, 1.82) is 0 Å². The van der Waals surface area contributed by atoms with Crippen molar-refractivity contribution in [2.45, 2.75) is 19.8 Å². The molecule has 71 heavy (non-hydrogen) atoms. The van der Waals surface area contributed by atoms with Crippen LogP contribution in [0.2, 0.25) is 0 Å². The maximum absolute atomic E-state index is 7.01. The first-order valence-electron chi connectivity index (χ1n) is 24.5. The molecule has 0 saturated carbocycles. The van der Waals surface area contributed by atoms with Gasteiger partial charge in [0.2, 0.25) is 0 Å². The van der Waals surface area contributed by atoms with Crippen molar-refractivity contribution < 1.29 is 8.83 Å². The molecular weight excluding hydrogens is 865 g/mol. The lowest BCUT2D eigenvalue weighted by Gasteiger charge is -2.33. The van der Waals surface area contributed by atoms with Crippen LogP contribution in [0.25, 0.3) is 98.4 Å². The second-order valence-electron chi connectivity index (χ2n) is 19.0. The predicted octanol–water partition coefficient (Wildman–Crippen LogP) is 19.8. The molecule has 0 radical (unpaired) electrons. The molecule has 2 aromatic heterocycles. The summed E-state index contributed by atoms with van der Waals surface area (Å²) in [6, 6.07) is 85.6. The van der Waals surface area contributed by atoms with Gasteiger partial charge in [0.1, 0.15) is 11.2 Å². The Morgan fingerprint density at radius 2 is 0.718 bits per heavy atom. The molecule has 0 spiro atoms. The molecule has 14 rings (SSSR count). The van der Waals surface area contributed by atoms with E-state index in [0.29, 0.717) is 5.92 Å². The van der Waals surface area contributed by atoms with E-state index in [1.807, 2.05) is 0 Å². The fraction of sp³-hybridized carbons (Fsp3) is 0.0448. The molecule has 0 aliphatic rings. The second kappa shape index (κ2) is 16.3. The highest BCUT2D eigenvalue weighted by molar-refractivity contribution is 6.30. The standard InChI is InChI=1S/C67H46N2O2/c1-42(2)47-39-45-35-37-54-60(68(56-29-13-9-23-48(56)43-19-5-3-6-20-43)58-31-17-27-52-50-25-11-15-33-62(50)70-66(52)58)41-61(55-38-36-46(40-47)64(45)65(54)55)69(57-30-14-10-24-49(57)44-21-7-4-8-22-44)59-32-18-28-53-51-26-12-16-34-63(51)71-67(53)59/h3-42H,1-2H3.